The van der Waals surface area contributed by atoms with Crippen LogP contribution in [0.1, 0.15) is 26.0 Å². The number of carbonyl (C=O) groups excluding carboxylic acids is 1. The molecule has 0 spiro atoms. The fourth-order valence-electron chi connectivity index (χ4n) is 3.39. The number of likely N-dealkylation sites (tertiary alicyclic amines) is 1. The van der Waals surface area contributed by atoms with Crippen molar-refractivity contribution in [2.24, 2.45) is 5.73 Å². The summed E-state index contributed by atoms with van der Waals surface area (Å²) in [5.41, 5.74) is 7.30. The SMILES string of the molecule is CCN(CC)C(=O)[C@@H]1C[C@H](N)CN1Cc1cccn1-c1nccs1. The van der Waals surface area contributed by atoms with Crippen molar-refractivity contribution < 1.29 is 4.79 Å². The lowest BCUT2D eigenvalue weighted by Crippen LogP contribution is -2.45. The average Bonchev–Trinajstić information content (AvgIpc) is 3.29. The van der Waals surface area contributed by atoms with E-state index in [2.05, 4.69) is 20.5 Å². The third kappa shape index (κ3) is 3.38. The van der Waals surface area contributed by atoms with Crippen LogP contribution in [0.15, 0.2) is 29.9 Å². The van der Waals surface area contributed by atoms with E-state index in [0.29, 0.717) is 6.54 Å². The first-order valence-corrected chi connectivity index (χ1v) is 9.36. The standard InChI is InChI=1S/C17H25N5OS/c1-3-20(4-2)16(23)15-10-13(18)11-21(15)12-14-6-5-8-22(14)17-19-7-9-24-17/h5-9,13,15H,3-4,10-12,18H2,1-2H3/t13-,15-/m0/s1. The van der Waals surface area contributed by atoms with Gasteiger partial charge >= 0.3 is 0 Å². The van der Waals surface area contributed by atoms with E-state index in [1.807, 2.05) is 42.6 Å². The molecule has 0 bridgehead atoms. The summed E-state index contributed by atoms with van der Waals surface area (Å²) in [7, 11) is 0. The summed E-state index contributed by atoms with van der Waals surface area (Å²) in [5.74, 6) is 0.195. The Hall–Kier alpha value is -1.70. The van der Waals surface area contributed by atoms with Crippen molar-refractivity contribution in [3.63, 3.8) is 0 Å². The monoisotopic (exact) mass is 347 g/mol. The van der Waals surface area contributed by atoms with Gasteiger partial charge in [-0.2, -0.15) is 0 Å². The normalized spacial score (nSPS) is 21.3. The number of amides is 1. The average molecular weight is 347 g/mol. The van der Waals surface area contributed by atoms with Crippen LogP contribution in [0.2, 0.25) is 0 Å². The Morgan fingerprint density at radius 1 is 1.46 bits per heavy atom. The molecule has 24 heavy (non-hydrogen) atoms. The van der Waals surface area contributed by atoms with Crippen LogP contribution >= 0.6 is 11.3 Å². The zero-order valence-electron chi connectivity index (χ0n) is 14.3. The maximum Gasteiger partial charge on any atom is 0.239 e. The molecule has 2 atom stereocenters. The van der Waals surface area contributed by atoms with Crippen molar-refractivity contribution in [3.8, 4) is 5.13 Å². The van der Waals surface area contributed by atoms with Gasteiger partial charge in [0.15, 0.2) is 5.13 Å². The van der Waals surface area contributed by atoms with Gasteiger partial charge in [0.25, 0.3) is 0 Å². The fraction of sp³-hybridized carbons (Fsp3) is 0.529. The summed E-state index contributed by atoms with van der Waals surface area (Å²) in [6, 6.07) is 4.04. The third-order valence-electron chi connectivity index (χ3n) is 4.62. The highest BCUT2D eigenvalue weighted by Gasteiger charge is 2.37. The van der Waals surface area contributed by atoms with Gasteiger partial charge in [-0.1, -0.05) is 0 Å². The van der Waals surface area contributed by atoms with Crippen LogP contribution < -0.4 is 5.73 Å². The summed E-state index contributed by atoms with van der Waals surface area (Å²) >= 11 is 1.61. The van der Waals surface area contributed by atoms with E-state index in [1.54, 1.807) is 11.3 Å². The lowest BCUT2D eigenvalue weighted by Gasteiger charge is -2.28. The smallest absolute Gasteiger partial charge is 0.239 e. The number of nitrogens with two attached hydrogens (primary N) is 1. The summed E-state index contributed by atoms with van der Waals surface area (Å²) in [4.78, 5) is 21.3. The number of carbonyl (C=O) groups is 1. The number of hydrogen-bond acceptors (Lipinski definition) is 5. The van der Waals surface area contributed by atoms with Gasteiger partial charge < -0.3 is 10.6 Å². The Labute approximate surface area is 146 Å². The van der Waals surface area contributed by atoms with Crippen LogP contribution in [-0.4, -0.2) is 57.0 Å². The maximum atomic E-state index is 12.8. The number of nitrogens with zero attached hydrogens (tertiary/aromatic N) is 4. The highest BCUT2D eigenvalue weighted by Crippen LogP contribution is 2.23. The fourth-order valence-corrected chi connectivity index (χ4v) is 4.05. The molecule has 1 aliphatic heterocycles. The molecule has 3 heterocycles. The van der Waals surface area contributed by atoms with Crippen molar-refractivity contribution in [3.05, 3.63) is 35.6 Å². The van der Waals surface area contributed by atoms with E-state index in [-0.39, 0.29) is 18.0 Å². The molecule has 2 aromatic rings. The molecule has 130 valence electrons. The summed E-state index contributed by atoms with van der Waals surface area (Å²) in [6.07, 6.45) is 4.56. The molecule has 1 amide bonds. The number of thiazole rings is 1. The van der Waals surface area contributed by atoms with Gasteiger partial charge in [0, 0.05) is 55.7 Å². The number of rotatable bonds is 6. The molecule has 0 aliphatic carbocycles. The Kier molecular flexibility index (Phi) is 5.33. The second kappa shape index (κ2) is 7.46. The molecule has 6 nitrogen and oxygen atoms in total. The van der Waals surface area contributed by atoms with Crippen LogP contribution in [0.5, 0.6) is 0 Å². The minimum Gasteiger partial charge on any atom is -0.342 e. The first-order valence-electron chi connectivity index (χ1n) is 8.48. The van der Waals surface area contributed by atoms with Crippen LogP contribution in [0.3, 0.4) is 0 Å². The van der Waals surface area contributed by atoms with E-state index in [1.165, 1.54) is 0 Å². The number of hydrogen-bond donors (Lipinski definition) is 1. The second-order valence-electron chi connectivity index (χ2n) is 6.14. The molecule has 3 rings (SSSR count). The first kappa shape index (κ1) is 17.1. The lowest BCUT2D eigenvalue weighted by atomic mass is 10.1. The summed E-state index contributed by atoms with van der Waals surface area (Å²) in [6.45, 7) is 6.98. The van der Waals surface area contributed by atoms with E-state index in [9.17, 15) is 4.79 Å². The molecule has 0 radical (unpaired) electrons. The quantitative estimate of drug-likeness (QED) is 0.864. The van der Waals surface area contributed by atoms with E-state index < -0.39 is 0 Å². The molecule has 1 saturated heterocycles. The molecular weight excluding hydrogens is 322 g/mol. The van der Waals surface area contributed by atoms with Gasteiger partial charge in [-0.05, 0) is 32.4 Å². The van der Waals surface area contributed by atoms with Crippen molar-refractivity contribution in [2.45, 2.75) is 38.9 Å². The highest BCUT2D eigenvalue weighted by molar-refractivity contribution is 7.12. The number of aromatic nitrogens is 2. The maximum absolute atomic E-state index is 12.8. The molecule has 2 N–H and O–H groups in total. The van der Waals surface area contributed by atoms with Crippen molar-refractivity contribution in [2.75, 3.05) is 19.6 Å². The molecule has 0 unspecified atom stereocenters. The van der Waals surface area contributed by atoms with Crippen molar-refractivity contribution in [1.29, 1.82) is 0 Å². The van der Waals surface area contributed by atoms with Crippen LogP contribution in [0, 0.1) is 0 Å². The molecule has 1 fully saturated rings. The lowest BCUT2D eigenvalue weighted by molar-refractivity contribution is -0.135. The largest absolute Gasteiger partial charge is 0.342 e. The van der Waals surface area contributed by atoms with Crippen molar-refractivity contribution >= 4 is 17.2 Å². The van der Waals surface area contributed by atoms with Crippen LogP contribution in [0.25, 0.3) is 5.13 Å². The minimum atomic E-state index is -0.125. The van der Waals surface area contributed by atoms with Gasteiger partial charge in [-0.25, -0.2) is 4.98 Å². The van der Waals surface area contributed by atoms with Crippen molar-refractivity contribution in [1.82, 2.24) is 19.4 Å². The van der Waals surface area contributed by atoms with Gasteiger partial charge in [0.1, 0.15) is 0 Å². The van der Waals surface area contributed by atoms with Gasteiger partial charge in [0.05, 0.1) is 6.04 Å². The Morgan fingerprint density at radius 3 is 2.92 bits per heavy atom. The third-order valence-corrected chi connectivity index (χ3v) is 5.39. The second-order valence-corrected chi connectivity index (χ2v) is 7.01. The zero-order valence-corrected chi connectivity index (χ0v) is 15.1. The molecule has 2 aromatic heterocycles. The Morgan fingerprint density at radius 2 is 2.25 bits per heavy atom. The van der Waals surface area contributed by atoms with E-state index >= 15 is 0 Å². The van der Waals surface area contributed by atoms with Gasteiger partial charge in [0.2, 0.25) is 5.91 Å². The molecular formula is C17H25N5OS. The summed E-state index contributed by atoms with van der Waals surface area (Å²) < 4.78 is 2.09. The number of likely N-dealkylation sites (N-methyl/N-ethyl adjacent to an activating group) is 1. The predicted molar refractivity (Wildman–Crippen MR) is 96.2 cm³/mol. The van der Waals surface area contributed by atoms with Crippen LogP contribution in [-0.2, 0) is 11.3 Å². The Balaban J connectivity index is 1.79. The van der Waals surface area contributed by atoms with Gasteiger partial charge in [-0.3, -0.25) is 14.3 Å². The first-order chi connectivity index (χ1) is 11.6. The molecule has 0 aromatic carbocycles. The Bertz CT molecular complexity index is 664. The predicted octanol–water partition coefficient (Wildman–Crippen LogP) is 1.70. The highest BCUT2D eigenvalue weighted by atomic mass is 32.1. The van der Waals surface area contributed by atoms with Gasteiger partial charge in [-0.15, -0.1) is 11.3 Å². The molecule has 7 heteroatoms. The topological polar surface area (TPSA) is 67.4 Å². The van der Waals surface area contributed by atoms with E-state index in [4.69, 9.17) is 5.73 Å². The summed E-state index contributed by atoms with van der Waals surface area (Å²) in [5, 5.41) is 2.92. The van der Waals surface area contributed by atoms with Crippen LogP contribution in [0.4, 0.5) is 0 Å². The zero-order chi connectivity index (χ0) is 17.1. The minimum absolute atomic E-state index is 0.0535. The van der Waals surface area contributed by atoms with E-state index in [0.717, 1.165) is 36.9 Å². The molecule has 0 saturated carbocycles. The molecule has 1 aliphatic rings.